The largest absolute Gasteiger partial charge is 0.0905 e. The van der Waals surface area contributed by atoms with Crippen LogP contribution in [0.1, 0.15) is 40.3 Å². The van der Waals surface area contributed by atoms with Gasteiger partial charge in [0.2, 0.25) is 0 Å². The van der Waals surface area contributed by atoms with Crippen molar-refractivity contribution >= 4 is 34.4 Å². The molecule has 0 unspecified atom stereocenters. The maximum Gasteiger partial charge on any atom is -0.0103 e. The molecule has 5 rings (SSSR count). The smallest absolute Gasteiger partial charge is 0.0103 e. The Balaban J connectivity index is 1.69. The van der Waals surface area contributed by atoms with Crippen LogP contribution in [0.3, 0.4) is 0 Å². The van der Waals surface area contributed by atoms with Gasteiger partial charge in [0.25, 0.3) is 0 Å². The Kier molecular flexibility index (Phi) is 8.26. The quantitative estimate of drug-likeness (QED) is 0.147. The third kappa shape index (κ3) is 6.14. The van der Waals surface area contributed by atoms with Crippen molar-refractivity contribution in [3.8, 4) is 0 Å². The van der Waals surface area contributed by atoms with Crippen molar-refractivity contribution in [2.24, 2.45) is 0 Å². The van der Waals surface area contributed by atoms with Crippen LogP contribution >= 0.6 is 0 Å². The molecule has 0 aliphatic rings. The van der Waals surface area contributed by atoms with Crippen molar-refractivity contribution in [2.75, 3.05) is 0 Å². The Morgan fingerprint density at radius 3 is 1.18 bits per heavy atom. The second-order valence-corrected chi connectivity index (χ2v) is 9.39. The third-order valence-corrected chi connectivity index (χ3v) is 6.88. The summed E-state index contributed by atoms with van der Waals surface area (Å²) in [6, 6.07) is 50.8. The van der Waals surface area contributed by atoms with Gasteiger partial charge in [0.15, 0.2) is 0 Å². The van der Waals surface area contributed by atoms with Gasteiger partial charge >= 0.3 is 0 Å². The van der Waals surface area contributed by atoms with Gasteiger partial charge in [-0.3, -0.25) is 0 Å². The molecule has 0 saturated carbocycles. The monoisotopic (exact) mass is 500 g/mol. The highest BCUT2D eigenvalue weighted by molar-refractivity contribution is 6.13. The molecule has 0 bridgehead atoms. The lowest BCUT2D eigenvalue weighted by Gasteiger charge is -2.16. The zero-order valence-electron chi connectivity index (χ0n) is 22.3. The summed E-state index contributed by atoms with van der Waals surface area (Å²) in [6.45, 7) is 6.64. The van der Waals surface area contributed by atoms with Gasteiger partial charge in [-0.1, -0.05) is 158 Å². The van der Waals surface area contributed by atoms with Gasteiger partial charge in [-0.05, 0) is 74.7 Å². The van der Waals surface area contributed by atoms with Crippen LogP contribution in [0.4, 0.5) is 0 Å². The van der Waals surface area contributed by atoms with Crippen molar-refractivity contribution in [1.29, 1.82) is 0 Å². The first-order valence-corrected chi connectivity index (χ1v) is 13.3. The lowest BCUT2D eigenvalue weighted by Crippen LogP contribution is -1.93. The molecule has 0 fully saturated rings. The summed E-state index contributed by atoms with van der Waals surface area (Å²) in [7, 11) is 0. The fourth-order valence-electron chi connectivity index (χ4n) is 4.87. The van der Waals surface area contributed by atoms with Crippen molar-refractivity contribution in [3.63, 3.8) is 0 Å². The molecule has 188 valence electrons. The Morgan fingerprint density at radius 1 is 0.410 bits per heavy atom. The highest BCUT2D eigenvalue weighted by Crippen LogP contribution is 2.36. The molecular formula is C39H32. The maximum atomic E-state index is 4.52. The molecule has 0 atom stereocenters. The van der Waals surface area contributed by atoms with Gasteiger partial charge in [0, 0.05) is 0 Å². The molecule has 0 aromatic heterocycles. The first-order chi connectivity index (χ1) is 19.2. The zero-order valence-corrected chi connectivity index (χ0v) is 22.3. The number of rotatable bonds is 8. The number of hydrogen-bond acceptors (Lipinski definition) is 0. The normalized spacial score (nSPS) is 12.3. The van der Waals surface area contributed by atoms with E-state index in [9.17, 15) is 0 Å². The highest BCUT2D eigenvalue weighted by Gasteiger charge is 2.13. The average molecular weight is 501 g/mol. The summed E-state index contributed by atoms with van der Waals surface area (Å²) >= 11 is 0. The molecule has 39 heavy (non-hydrogen) atoms. The molecule has 0 aliphatic carbocycles. The Morgan fingerprint density at radius 2 is 0.744 bits per heavy atom. The molecule has 0 heteroatoms. The predicted molar refractivity (Wildman–Crippen MR) is 171 cm³/mol. The second-order valence-electron chi connectivity index (χ2n) is 9.39. The van der Waals surface area contributed by atoms with Crippen LogP contribution in [0.25, 0.3) is 34.4 Å². The van der Waals surface area contributed by atoms with E-state index >= 15 is 0 Å². The van der Waals surface area contributed by atoms with Crippen molar-refractivity contribution in [1.82, 2.24) is 0 Å². The minimum Gasteiger partial charge on any atom is -0.0905 e. The standard InChI is InChI=1S/C39H32/c1-3-37(32-20-10-5-11-21-32)39(34-24-14-7-15-25-34)29-36-27-17-16-26-35(36)28-38(33-22-12-6-13-23-33)30(2)31-18-8-4-9-19-31/h3-29H,2H2,1H3/b37-3-,38-28-,39-29+. The van der Waals surface area contributed by atoms with E-state index in [-0.39, 0.29) is 0 Å². The molecule has 5 aromatic carbocycles. The minimum atomic E-state index is 1.00. The Bertz CT molecular complexity index is 1620. The van der Waals surface area contributed by atoms with E-state index in [4.69, 9.17) is 0 Å². The molecule has 0 heterocycles. The van der Waals surface area contributed by atoms with E-state index in [0.717, 1.165) is 33.4 Å². The van der Waals surface area contributed by atoms with Crippen LogP contribution in [0.2, 0.25) is 0 Å². The zero-order chi connectivity index (χ0) is 26.9. The van der Waals surface area contributed by atoms with Gasteiger partial charge < -0.3 is 0 Å². The Hall–Kier alpha value is -4.94. The summed E-state index contributed by atoms with van der Waals surface area (Å²) in [5.74, 6) is 0. The van der Waals surface area contributed by atoms with Crippen molar-refractivity contribution < 1.29 is 0 Å². The highest BCUT2D eigenvalue weighted by atomic mass is 14.2. The Labute approximate surface area is 232 Å². The van der Waals surface area contributed by atoms with Gasteiger partial charge in [-0.2, -0.15) is 0 Å². The van der Waals surface area contributed by atoms with E-state index in [0.29, 0.717) is 0 Å². The SMILES string of the molecule is C=C(/C(=C/c1ccccc1/C=C(/C(=C\C)c1ccccc1)c1ccccc1)c1ccccc1)c1ccccc1. The minimum absolute atomic E-state index is 1.00. The van der Waals surface area contributed by atoms with Crippen molar-refractivity contribution in [2.45, 2.75) is 6.92 Å². The lowest BCUT2D eigenvalue weighted by molar-refractivity contribution is 1.56. The van der Waals surface area contributed by atoms with Crippen LogP contribution in [-0.4, -0.2) is 0 Å². The van der Waals surface area contributed by atoms with Gasteiger partial charge in [0.05, 0.1) is 0 Å². The molecule has 0 radical (unpaired) electrons. The van der Waals surface area contributed by atoms with Gasteiger partial charge in [-0.25, -0.2) is 0 Å². The van der Waals surface area contributed by atoms with Gasteiger partial charge in [-0.15, -0.1) is 0 Å². The third-order valence-electron chi connectivity index (χ3n) is 6.88. The molecule has 0 nitrogen and oxygen atoms in total. The molecule has 0 aliphatic heterocycles. The lowest BCUT2D eigenvalue weighted by atomic mass is 9.88. The van der Waals surface area contributed by atoms with E-state index in [1.165, 1.54) is 22.3 Å². The van der Waals surface area contributed by atoms with E-state index in [1.54, 1.807) is 0 Å². The summed E-state index contributed by atoms with van der Waals surface area (Å²) in [5, 5.41) is 0. The van der Waals surface area contributed by atoms with Crippen LogP contribution < -0.4 is 0 Å². The van der Waals surface area contributed by atoms with E-state index in [1.807, 2.05) is 6.07 Å². The number of benzene rings is 5. The average Bonchev–Trinajstić information content (AvgIpc) is 3.02. The van der Waals surface area contributed by atoms with E-state index < -0.39 is 0 Å². The second kappa shape index (κ2) is 12.5. The van der Waals surface area contributed by atoms with Gasteiger partial charge in [0.1, 0.15) is 0 Å². The molecule has 0 spiro atoms. The van der Waals surface area contributed by atoms with Crippen LogP contribution in [0, 0.1) is 0 Å². The summed E-state index contributed by atoms with van der Waals surface area (Å²) < 4.78 is 0. The maximum absolute atomic E-state index is 4.52. The first kappa shape index (κ1) is 25.7. The molecule has 0 saturated heterocycles. The first-order valence-electron chi connectivity index (χ1n) is 13.3. The van der Waals surface area contributed by atoms with Crippen LogP contribution in [0.5, 0.6) is 0 Å². The number of allylic oxidation sites excluding steroid dienone is 5. The van der Waals surface area contributed by atoms with Crippen molar-refractivity contribution in [3.05, 3.63) is 192 Å². The number of hydrogen-bond donors (Lipinski definition) is 0. The summed E-state index contributed by atoms with van der Waals surface area (Å²) in [4.78, 5) is 0. The van der Waals surface area contributed by atoms with Crippen LogP contribution in [-0.2, 0) is 0 Å². The predicted octanol–water partition coefficient (Wildman–Crippen LogP) is 10.6. The topological polar surface area (TPSA) is 0 Å². The fraction of sp³-hybridized carbons (Fsp3) is 0.0256. The molecule has 0 N–H and O–H groups in total. The van der Waals surface area contributed by atoms with Crippen LogP contribution in [0.15, 0.2) is 158 Å². The molecule has 0 amide bonds. The fourth-order valence-corrected chi connectivity index (χ4v) is 4.87. The summed E-state index contributed by atoms with van der Waals surface area (Å²) in [5.41, 5.74) is 11.5. The molecule has 5 aromatic rings. The summed E-state index contributed by atoms with van der Waals surface area (Å²) in [6.07, 6.45) is 6.80. The van der Waals surface area contributed by atoms with E-state index in [2.05, 4.69) is 171 Å². The molecular weight excluding hydrogens is 468 g/mol.